The number of hydrogen-bond donors (Lipinski definition) is 7. The molecule has 0 aliphatic carbocycles. The second-order valence-corrected chi connectivity index (χ2v) is 10.4. The molecule has 1 aliphatic heterocycles. The van der Waals surface area contributed by atoms with Crippen LogP contribution in [0.25, 0.3) is 0 Å². The van der Waals surface area contributed by atoms with E-state index in [1.54, 1.807) is 12.1 Å². The molecule has 1 fully saturated rings. The molecule has 0 saturated carbocycles. The first-order valence-corrected chi connectivity index (χ1v) is 12.9. The van der Waals surface area contributed by atoms with Crippen molar-refractivity contribution in [2.75, 3.05) is 0 Å². The van der Waals surface area contributed by atoms with Crippen LogP contribution in [-0.2, 0) is 32.8 Å². The standard InChI is InChI=1S/C24H30O13S/c1-11(7-13-3-5-15(25)16(26)9-13)12(2)8-14-4-6-17(18(10-14)37-38(32,33)34)35-24-21(29)19(27)20(28)22(36-24)23(30)31/h3-6,9-12,19-22,24-29H,7-8H2,1-2H3,(H,30,31)(H,32,33,34)/t11?,12?,19-,20-,21+,22-,24+/m0/s1. The molecular formula is C24H30O13S. The van der Waals surface area contributed by atoms with Gasteiger partial charge in [0.05, 0.1) is 0 Å². The van der Waals surface area contributed by atoms with E-state index in [2.05, 4.69) is 4.18 Å². The number of benzene rings is 2. The van der Waals surface area contributed by atoms with Gasteiger partial charge in [-0.3, -0.25) is 4.55 Å². The highest BCUT2D eigenvalue weighted by Crippen LogP contribution is 2.35. The summed E-state index contributed by atoms with van der Waals surface area (Å²) in [5.74, 6) is -2.83. The van der Waals surface area contributed by atoms with Crippen molar-refractivity contribution < 1.29 is 62.1 Å². The third kappa shape index (κ3) is 7.24. The van der Waals surface area contributed by atoms with Crippen molar-refractivity contribution in [1.29, 1.82) is 0 Å². The minimum atomic E-state index is -5.02. The number of hydrogen-bond acceptors (Lipinski definition) is 11. The van der Waals surface area contributed by atoms with Crippen LogP contribution >= 0.6 is 0 Å². The van der Waals surface area contributed by atoms with E-state index in [0.29, 0.717) is 18.4 Å². The first-order valence-electron chi connectivity index (χ1n) is 11.6. The lowest BCUT2D eigenvalue weighted by atomic mass is 9.85. The predicted molar refractivity (Wildman–Crippen MR) is 129 cm³/mol. The largest absolute Gasteiger partial charge is 0.504 e. The molecule has 1 saturated heterocycles. The average Bonchev–Trinajstić information content (AvgIpc) is 2.81. The predicted octanol–water partition coefficient (Wildman–Crippen LogP) is 0.608. The van der Waals surface area contributed by atoms with Crippen molar-refractivity contribution in [3.63, 3.8) is 0 Å². The van der Waals surface area contributed by atoms with Crippen LogP contribution in [0, 0.1) is 11.8 Å². The number of carbonyl (C=O) groups is 1. The third-order valence-electron chi connectivity index (χ3n) is 6.39. The Labute approximate surface area is 218 Å². The van der Waals surface area contributed by atoms with E-state index in [1.165, 1.54) is 24.3 Å². The highest BCUT2D eigenvalue weighted by atomic mass is 32.3. The van der Waals surface area contributed by atoms with Gasteiger partial charge in [-0.15, -0.1) is 0 Å². The number of phenols is 2. The van der Waals surface area contributed by atoms with Gasteiger partial charge in [0.1, 0.15) is 18.3 Å². The molecular weight excluding hydrogens is 528 g/mol. The third-order valence-corrected chi connectivity index (χ3v) is 6.78. The zero-order chi connectivity index (χ0) is 28.4. The van der Waals surface area contributed by atoms with Crippen LogP contribution in [0.4, 0.5) is 0 Å². The van der Waals surface area contributed by atoms with Gasteiger partial charge in [-0.2, -0.15) is 8.42 Å². The van der Waals surface area contributed by atoms with Crippen LogP contribution in [0.5, 0.6) is 23.0 Å². The second-order valence-electron chi connectivity index (χ2n) is 9.33. The lowest BCUT2D eigenvalue weighted by Gasteiger charge is -2.38. The van der Waals surface area contributed by atoms with E-state index < -0.39 is 52.8 Å². The molecule has 3 rings (SSSR count). The molecule has 13 nitrogen and oxygen atoms in total. The molecule has 2 unspecified atom stereocenters. The molecule has 0 spiro atoms. The molecule has 2 aromatic carbocycles. The normalized spacial score (nSPS) is 25.4. The number of rotatable bonds is 10. The average molecular weight is 559 g/mol. The van der Waals surface area contributed by atoms with Crippen molar-refractivity contribution in [3.05, 3.63) is 47.5 Å². The van der Waals surface area contributed by atoms with Gasteiger partial charge in [0.2, 0.25) is 6.29 Å². The summed E-state index contributed by atoms with van der Waals surface area (Å²) in [5, 5.41) is 58.4. The van der Waals surface area contributed by atoms with Crippen LogP contribution in [0.2, 0.25) is 0 Å². The van der Waals surface area contributed by atoms with E-state index in [-0.39, 0.29) is 29.1 Å². The molecule has 0 aromatic heterocycles. The number of ether oxygens (including phenoxy) is 2. The highest BCUT2D eigenvalue weighted by Gasteiger charge is 2.48. The van der Waals surface area contributed by atoms with E-state index in [1.807, 2.05) is 13.8 Å². The molecule has 0 bridgehead atoms. The number of aliphatic carboxylic acids is 1. The monoisotopic (exact) mass is 558 g/mol. The number of carboxylic acid groups (broad SMARTS) is 1. The van der Waals surface area contributed by atoms with Crippen LogP contribution in [0.1, 0.15) is 25.0 Å². The number of carboxylic acids is 1. The van der Waals surface area contributed by atoms with Crippen molar-refractivity contribution in [2.24, 2.45) is 11.8 Å². The molecule has 0 radical (unpaired) electrons. The summed E-state index contributed by atoms with van der Waals surface area (Å²) < 4.78 is 47.2. The summed E-state index contributed by atoms with van der Waals surface area (Å²) in [4.78, 5) is 11.3. The van der Waals surface area contributed by atoms with Gasteiger partial charge in [0.15, 0.2) is 29.1 Å². The Hall–Kier alpha value is -3.14. The summed E-state index contributed by atoms with van der Waals surface area (Å²) >= 11 is 0. The fraction of sp³-hybridized carbons (Fsp3) is 0.458. The van der Waals surface area contributed by atoms with Crippen LogP contribution in [0.15, 0.2) is 36.4 Å². The maximum atomic E-state index is 11.5. The Bertz CT molecular complexity index is 1250. The van der Waals surface area contributed by atoms with Crippen LogP contribution < -0.4 is 8.92 Å². The smallest absolute Gasteiger partial charge is 0.446 e. The molecule has 7 N–H and O–H groups in total. The Morgan fingerprint density at radius 1 is 0.895 bits per heavy atom. The molecule has 1 heterocycles. The number of phenolic OH excluding ortho intramolecular Hbond substituents is 2. The summed E-state index contributed by atoms with van der Waals surface area (Å²) in [6, 6.07) is 8.63. The summed E-state index contributed by atoms with van der Waals surface area (Å²) in [6.07, 6.45) is -8.59. The number of aliphatic hydroxyl groups excluding tert-OH is 3. The minimum absolute atomic E-state index is 0.0211. The zero-order valence-corrected chi connectivity index (χ0v) is 21.2. The molecule has 38 heavy (non-hydrogen) atoms. The second kappa shape index (κ2) is 11.7. The lowest BCUT2D eigenvalue weighted by molar-refractivity contribution is -0.271. The first-order chi connectivity index (χ1) is 17.7. The molecule has 2 aromatic rings. The van der Waals surface area contributed by atoms with Crippen molar-refractivity contribution in [3.8, 4) is 23.0 Å². The van der Waals surface area contributed by atoms with E-state index in [4.69, 9.17) is 9.47 Å². The molecule has 7 atom stereocenters. The summed E-state index contributed by atoms with van der Waals surface area (Å²) in [7, 11) is -5.02. The van der Waals surface area contributed by atoms with E-state index >= 15 is 0 Å². The van der Waals surface area contributed by atoms with Gasteiger partial charge in [0.25, 0.3) is 0 Å². The maximum absolute atomic E-state index is 11.5. The fourth-order valence-corrected chi connectivity index (χ4v) is 4.43. The number of aliphatic hydroxyl groups is 3. The van der Waals surface area contributed by atoms with Crippen LogP contribution in [-0.4, -0.2) is 80.3 Å². The SMILES string of the molecule is CC(Cc1ccc(O)c(O)c1)C(C)Cc1ccc(O[C@@H]2O[C@H](C(=O)O)[C@@H](O)[C@H](O)[C@H]2O)c(OS(=O)(=O)O)c1. The minimum Gasteiger partial charge on any atom is -0.504 e. The first kappa shape index (κ1) is 29.4. The van der Waals surface area contributed by atoms with Gasteiger partial charge in [-0.1, -0.05) is 26.0 Å². The van der Waals surface area contributed by atoms with Crippen LogP contribution in [0.3, 0.4) is 0 Å². The van der Waals surface area contributed by atoms with Crippen molar-refractivity contribution in [1.82, 2.24) is 0 Å². The summed E-state index contributed by atoms with van der Waals surface area (Å²) in [6.45, 7) is 3.92. The fourth-order valence-electron chi connectivity index (χ4n) is 4.07. The molecule has 210 valence electrons. The molecule has 14 heteroatoms. The lowest BCUT2D eigenvalue weighted by Crippen LogP contribution is -2.61. The van der Waals surface area contributed by atoms with E-state index in [0.717, 1.165) is 5.56 Å². The Morgan fingerprint density at radius 3 is 2.03 bits per heavy atom. The Kier molecular flexibility index (Phi) is 9.07. The van der Waals surface area contributed by atoms with Gasteiger partial charge in [-0.05, 0) is 60.1 Å². The van der Waals surface area contributed by atoms with Gasteiger partial charge < -0.3 is 44.3 Å². The maximum Gasteiger partial charge on any atom is 0.446 e. The highest BCUT2D eigenvalue weighted by molar-refractivity contribution is 7.81. The van der Waals surface area contributed by atoms with Gasteiger partial charge in [-0.25, -0.2) is 4.79 Å². The van der Waals surface area contributed by atoms with E-state index in [9.17, 15) is 48.4 Å². The number of aromatic hydroxyl groups is 2. The molecule has 0 amide bonds. The Balaban J connectivity index is 1.79. The summed E-state index contributed by atoms with van der Waals surface area (Å²) in [5.41, 5.74) is 1.38. The van der Waals surface area contributed by atoms with Gasteiger partial charge in [0, 0.05) is 0 Å². The topological polar surface area (TPSA) is 221 Å². The Morgan fingerprint density at radius 2 is 1.47 bits per heavy atom. The van der Waals surface area contributed by atoms with Crippen molar-refractivity contribution >= 4 is 16.4 Å². The molecule has 1 aliphatic rings. The van der Waals surface area contributed by atoms with Gasteiger partial charge >= 0.3 is 16.4 Å². The zero-order valence-electron chi connectivity index (χ0n) is 20.4. The van der Waals surface area contributed by atoms with Crippen molar-refractivity contribution in [2.45, 2.75) is 57.4 Å². The quantitative estimate of drug-likeness (QED) is 0.157.